The van der Waals surface area contributed by atoms with E-state index in [9.17, 15) is 0 Å². The van der Waals surface area contributed by atoms with Gasteiger partial charge in [-0.3, -0.25) is 0 Å². The van der Waals surface area contributed by atoms with Crippen molar-refractivity contribution < 1.29 is 4.42 Å². The number of para-hydroxylation sites is 1. The van der Waals surface area contributed by atoms with Gasteiger partial charge in [-0.05, 0) is 63.0 Å². The van der Waals surface area contributed by atoms with Crippen LogP contribution in [0.25, 0.3) is 88.5 Å². The third kappa shape index (κ3) is 4.37. The molecule has 0 aliphatic heterocycles. The van der Waals surface area contributed by atoms with Crippen molar-refractivity contribution >= 4 is 43.5 Å². The molecule has 7 aromatic carbocycles. The fourth-order valence-corrected chi connectivity index (χ4v) is 6.43. The van der Waals surface area contributed by atoms with Crippen LogP contribution in [0.4, 0.5) is 0 Å². The predicted molar refractivity (Wildman–Crippen MR) is 186 cm³/mol. The molecule has 0 unspecified atom stereocenters. The second kappa shape index (κ2) is 10.3. The highest BCUT2D eigenvalue weighted by atomic mass is 16.3. The number of fused-ring (bicyclic) bond motifs is 6. The van der Waals surface area contributed by atoms with E-state index in [1.807, 2.05) is 48.5 Å². The van der Waals surface area contributed by atoms with Crippen molar-refractivity contribution in [1.29, 1.82) is 0 Å². The molecule has 45 heavy (non-hydrogen) atoms. The lowest BCUT2D eigenvalue weighted by Crippen LogP contribution is -1.96. The van der Waals surface area contributed by atoms with Crippen LogP contribution in [0.3, 0.4) is 0 Å². The van der Waals surface area contributed by atoms with Gasteiger partial charge in [-0.2, -0.15) is 0 Å². The largest absolute Gasteiger partial charge is 0.455 e. The first kappa shape index (κ1) is 25.4. The summed E-state index contributed by atoms with van der Waals surface area (Å²) in [6.45, 7) is 0. The molecule has 0 fully saturated rings. The fourth-order valence-electron chi connectivity index (χ4n) is 6.43. The minimum atomic E-state index is 0.687. The summed E-state index contributed by atoms with van der Waals surface area (Å²) in [6.07, 6.45) is 0. The highest BCUT2D eigenvalue weighted by molar-refractivity contribution is 6.11. The van der Waals surface area contributed by atoms with E-state index in [0.717, 1.165) is 61.1 Å². The van der Waals surface area contributed by atoms with Gasteiger partial charge in [-0.1, -0.05) is 127 Å². The SMILES string of the molecule is c1ccc(-c2cc(-c3cccc4c3oc3cc(-c5ccc6c(ccc7ccccc76)c5)ccc34)nc(-c3ccccc3)n2)cc1. The molecule has 210 valence electrons. The lowest BCUT2D eigenvalue weighted by Gasteiger charge is -2.09. The first-order valence-corrected chi connectivity index (χ1v) is 15.2. The third-order valence-corrected chi connectivity index (χ3v) is 8.68. The van der Waals surface area contributed by atoms with Gasteiger partial charge < -0.3 is 4.42 Å². The fraction of sp³-hybridized carbons (Fsp3) is 0. The van der Waals surface area contributed by atoms with E-state index in [2.05, 4.69) is 109 Å². The number of rotatable bonds is 4. The Balaban J connectivity index is 1.19. The summed E-state index contributed by atoms with van der Waals surface area (Å²) in [5, 5.41) is 7.18. The third-order valence-electron chi connectivity index (χ3n) is 8.68. The number of hydrogen-bond acceptors (Lipinski definition) is 3. The first-order chi connectivity index (χ1) is 22.3. The van der Waals surface area contributed by atoms with Crippen molar-refractivity contribution in [3.8, 4) is 45.0 Å². The van der Waals surface area contributed by atoms with Gasteiger partial charge in [0, 0.05) is 27.5 Å². The Morgan fingerprint density at radius 1 is 0.378 bits per heavy atom. The van der Waals surface area contributed by atoms with Crippen molar-refractivity contribution in [3.63, 3.8) is 0 Å². The summed E-state index contributed by atoms with van der Waals surface area (Å²) in [7, 11) is 0. The maximum absolute atomic E-state index is 6.68. The Hall–Kier alpha value is -6.06. The molecule has 0 spiro atoms. The summed E-state index contributed by atoms with van der Waals surface area (Å²) in [6, 6.07) is 55.0. The Bertz CT molecular complexity index is 2470. The van der Waals surface area contributed by atoms with Crippen LogP contribution in [0, 0.1) is 0 Å². The van der Waals surface area contributed by atoms with E-state index in [1.54, 1.807) is 0 Å². The molecule has 0 saturated carbocycles. The Morgan fingerprint density at radius 3 is 1.87 bits per heavy atom. The first-order valence-electron chi connectivity index (χ1n) is 15.2. The van der Waals surface area contributed by atoms with Crippen LogP contribution in [0.5, 0.6) is 0 Å². The lowest BCUT2D eigenvalue weighted by atomic mass is 9.97. The normalized spacial score (nSPS) is 11.6. The van der Waals surface area contributed by atoms with Crippen LogP contribution in [-0.4, -0.2) is 9.97 Å². The number of nitrogens with zero attached hydrogens (tertiary/aromatic N) is 2. The van der Waals surface area contributed by atoms with Crippen molar-refractivity contribution in [2.45, 2.75) is 0 Å². The number of hydrogen-bond donors (Lipinski definition) is 0. The summed E-state index contributed by atoms with van der Waals surface area (Å²) in [5.41, 5.74) is 8.63. The van der Waals surface area contributed by atoms with Gasteiger partial charge in [0.1, 0.15) is 11.2 Å². The molecule has 0 N–H and O–H groups in total. The maximum Gasteiger partial charge on any atom is 0.160 e. The molecule has 2 heterocycles. The quantitative estimate of drug-likeness (QED) is 0.196. The van der Waals surface area contributed by atoms with Crippen LogP contribution in [-0.2, 0) is 0 Å². The van der Waals surface area contributed by atoms with E-state index >= 15 is 0 Å². The maximum atomic E-state index is 6.68. The van der Waals surface area contributed by atoms with Crippen LogP contribution in [0.2, 0.25) is 0 Å². The van der Waals surface area contributed by atoms with Crippen LogP contribution >= 0.6 is 0 Å². The highest BCUT2D eigenvalue weighted by Crippen LogP contribution is 2.39. The van der Waals surface area contributed by atoms with Crippen LogP contribution in [0.15, 0.2) is 162 Å². The van der Waals surface area contributed by atoms with Crippen molar-refractivity contribution in [3.05, 3.63) is 158 Å². The molecule has 0 bridgehead atoms. The van der Waals surface area contributed by atoms with Crippen LogP contribution in [0.1, 0.15) is 0 Å². The molecule has 2 aromatic heterocycles. The van der Waals surface area contributed by atoms with Gasteiger partial charge in [0.2, 0.25) is 0 Å². The van der Waals surface area contributed by atoms with E-state index < -0.39 is 0 Å². The predicted octanol–water partition coefficient (Wildman–Crippen LogP) is 11.4. The molecule has 3 heteroatoms. The molecule has 0 amide bonds. The number of benzene rings is 7. The van der Waals surface area contributed by atoms with E-state index in [-0.39, 0.29) is 0 Å². The molecule has 9 aromatic rings. The van der Waals surface area contributed by atoms with E-state index in [1.165, 1.54) is 21.5 Å². The Morgan fingerprint density at radius 2 is 1.02 bits per heavy atom. The average molecular weight is 575 g/mol. The summed E-state index contributed by atoms with van der Waals surface area (Å²) in [5.74, 6) is 0.687. The number of aromatic nitrogens is 2. The minimum absolute atomic E-state index is 0.687. The van der Waals surface area contributed by atoms with E-state index in [4.69, 9.17) is 14.4 Å². The second-order valence-corrected chi connectivity index (χ2v) is 11.4. The van der Waals surface area contributed by atoms with Gasteiger partial charge >= 0.3 is 0 Å². The zero-order valence-corrected chi connectivity index (χ0v) is 24.3. The van der Waals surface area contributed by atoms with E-state index in [0.29, 0.717) is 5.82 Å². The molecule has 0 aliphatic rings. The Kier molecular flexibility index (Phi) is 5.82. The average Bonchev–Trinajstić information content (AvgIpc) is 3.50. The molecular formula is C42H26N2O. The molecular weight excluding hydrogens is 548 g/mol. The standard InChI is InChI=1S/C42H26N2O/c1-3-11-28(12-4-1)38-26-39(44-42(43-38)29-13-5-2-6-14-29)37-17-9-16-36-35-23-21-31(25-40(35)45-41(36)37)30-20-22-34-32(24-30)19-18-27-10-7-8-15-33(27)34/h1-26H. The van der Waals surface area contributed by atoms with Gasteiger partial charge in [0.15, 0.2) is 5.82 Å². The molecule has 0 aliphatic carbocycles. The van der Waals surface area contributed by atoms with Crippen molar-refractivity contribution in [2.24, 2.45) is 0 Å². The monoisotopic (exact) mass is 574 g/mol. The lowest BCUT2D eigenvalue weighted by molar-refractivity contribution is 0.670. The zero-order valence-electron chi connectivity index (χ0n) is 24.3. The number of furan rings is 1. The van der Waals surface area contributed by atoms with Crippen molar-refractivity contribution in [1.82, 2.24) is 9.97 Å². The molecule has 0 saturated heterocycles. The summed E-state index contributed by atoms with van der Waals surface area (Å²) < 4.78 is 6.68. The molecule has 0 atom stereocenters. The van der Waals surface area contributed by atoms with Crippen molar-refractivity contribution in [2.75, 3.05) is 0 Å². The smallest absolute Gasteiger partial charge is 0.160 e. The van der Waals surface area contributed by atoms with Crippen LogP contribution < -0.4 is 0 Å². The van der Waals surface area contributed by atoms with Gasteiger partial charge in [-0.25, -0.2) is 9.97 Å². The van der Waals surface area contributed by atoms with Gasteiger partial charge in [0.05, 0.1) is 11.4 Å². The second-order valence-electron chi connectivity index (χ2n) is 11.4. The highest BCUT2D eigenvalue weighted by Gasteiger charge is 2.17. The Labute approximate surface area is 260 Å². The summed E-state index contributed by atoms with van der Waals surface area (Å²) >= 11 is 0. The topological polar surface area (TPSA) is 38.9 Å². The molecule has 3 nitrogen and oxygen atoms in total. The molecule has 0 radical (unpaired) electrons. The zero-order chi connectivity index (χ0) is 29.7. The summed E-state index contributed by atoms with van der Waals surface area (Å²) in [4.78, 5) is 10.0. The minimum Gasteiger partial charge on any atom is -0.455 e. The van der Waals surface area contributed by atoms with Gasteiger partial charge in [-0.15, -0.1) is 0 Å². The molecule has 9 rings (SSSR count). The van der Waals surface area contributed by atoms with Gasteiger partial charge in [0.25, 0.3) is 0 Å².